The summed E-state index contributed by atoms with van der Waals surface area (Å²) >= 11 is 0. The van der Waals surface area contributed by atoms with Crippen LogP contribution in [0.2, 0.25) is 0 Å². The number of nitrogens with zero attached hydrogens (tertiary/aromatic N) is 1. The zero-order chi connectivity index (χ0) is 13.2. The number of aromatic nitrogens is 1. The van der Waals surface area contributed by atoms with E-state index in [0.717, 1.165) is 24.1 Å². The average Bonchev–Trinajstić information content (AvgIpc) is 2.76. The Kier molecular flexibility index (Phi) is 3.22. The molecule has 1 aliphatic rings. The summed E-state index contributed by atoms with van der Waals surface area (Å²) in [5.74, 6) is 0.833. The quantitative estimate of drug-likeness (QED) is 0.916. The third-order valence-electron chi connectivity index (χ3n) is 3.76. The normalized spacial score (nSPS) is 21.2. The maximum Gasteiger partial charge on any atom is 0.213 e. The summed E-state index contributed by atoms with van der Waals surface area (Å²) in [5.41, 5.74) is 3.29. The van der Waals surface area contributed by atoms with Crippen molar-refractivity contribution in [1.29, 1.82) is 0 Å². The lowest BCUT2D eigenvalue weighted by Gasteiger charge is -2.14. The summed E-state index contributed by atoms with van der Waals surface area (Å²) in [6, 6.07) is 13.9. The summed E-state index contributed by atoms with van der Waals surface area (Å²) in [4.78, 5) is 4.42. The van der Waals surface area contributed by atoms with E-state index in [1.807, 2.05) is 36.4 Å². The van der Waals surface area contributed by atoms with Crippen LogP contribution in [-0.2, 0) is 12.8 Å². The minimum Gasteiger partial charge on any atom is -0.481 e. The lowest BCUT2D eigenvalue weighted by atomic mass is 9.97. The Bertz CT molecular complexity index is 582. The molecule has 0 radical (unpaired) electrons. The largest absolute Gasteiger partial charge is 0.481 e. The van der Waals surface area contributed by atoms with Crippen molar-refractivity contribution in [2.45, 2.75) is 18.9 Å². The molecule has 1 aromatic carbocycles. The van der Waals surface area contributed by atoms with Gasteiger partial charge in [-0.1, -0.05) is 30.3 Å². The SMILES string of the molecule is COc1cccc(CC2Cc3ccccc3C2O)n1. The van der Waals surface area contributed by atoms with Crippen LogP contribution >= 0.6 is 0 Å². The molecule has 2 aromatic rings. The molecule has 1 aromatic heterocycles. The van der Waals surface area contributed by atoms with Crippen LogP contribution < -0.4 is 4.74 Å². The first-order valence-electron chi connectivity index (χ1n) is 6.53. The Hall–Kier alpha value is -1.87. The molecule has 0 saturated heterocycles. The van der Waals surface area contributed by atoms with Crippen molar-refractivity contribution < 1.29 is 9.84 Å². The molecule has 1 heterocycles. The molecular formula is C16H17NO2. The number of pyridine rings is 1. The lowest BCUT2D eigenvalue weighted by Crippen LogP contribution is -2.11. The first-order chi connectivity index (χ1) is 9.28. The van der Waals surface area contributed by atoms with E-state index in [9.17, 15) is 5.11 Å². The maximum atomic E-state index is 10.4. The highest BCUT2D eigenvalue weighted by Crippen LogP contribution is 2.37. The van der Waals surface area contributed by atoms with Crippen LogP contribution in [0.15, 0.2) is 42.5 Å². The molecule has 1 N–H and O–H groups in total. The maximum absolute atomic E-state index is 10.4. The van der Waals surface area contributed by atoms with Crippen LogP contribution in [0.5, 0.6) is 5.88 Å². The summed E-state index contributed by atoms with van der Waals surface area (Å²) in [5, 5.41) is 10.4. The number of hydrogen-bond acceptors (Lipinski definition) is 3. The van der Waals surface area contributed by atoms with Crippen LogP contribution in [0.3, 0.4) is 0 Å². The number of fused-ring (bicyclic) bond motifs is 1. The molecule has 1 aliphatic carbocycles. The van der Waals surface area contributed by atoms with Gasteiger partial charge in [0, 0.05) is 11.8 Å². The molecule has 0 saturated carbocycles. The van der Waals surface area contributed by atoms with Gasteiger partial charge in [-0.15, -0.1) is 0 Å². The Labute approximate surface area is 112 Å². The lowest BCUT2D eigenvalue weighted by molar-refractivity contribution is 0.122. The molecule has 0 aliphatic heterocycles. The minimum atomic E-state index is -0.385. The number of aliphatic hydroxyl groups excluding tert-OH is 1. The van der Waals surface area contributed by atoms with Gasteiger partial charge in [-0.25, -0.2) is 4.98 Å². The molecule has 3 rings (SSSR count). The second kappa shape index (κ2) is 5.02. The van der Waals surface area contributed by atoms with E-state index in [-0.39, 0.29) is 12.0 Å². The molecule has 0 bridgehead atoms. The minimum absolute atomic E-state index is 0.206. The third kappa shape index (κ3) is 2.34. The molecule has 0 spiro atoms. The van der Waals surface area contributed by atoms with Gasteiger partial charge in [0.05, 0.1) is 13.2 Å². The third-order valence-corrected chi connectivity index (χ3v) is 3.76. The first-order valence-corrected chi connectivity index (χ1v) is 6.53. The number of benzene rings is 1. The standard InChI is InChI=1S/C16H17NO2/c1-19-15-8-4-6-13(17-15)10-12-9-11-5-2-3-7-14(11)16(12)18/h2-8,12,16,18H,9-10H2,1H3. The highest BCUT2D eigenvalue weighted by molar-refractivity contribution is 5.35. The second-order valence-electron chi connectivity index (χ2n) is 4.98. The van der Waals surface area contributed by atoms with Gasteiger partial charge in [-0.3, -0.25) is 0 Å². The van der Waals surface area contributed by atoms with Gasteiger partial charge in [0.25, 0.3) is 0 Å². The summed E-state index contributed by atoms with van der Waals surface area (Å²) in [6.45, 7) is 0. The van der Waals surface area contributed by atoms with Crippen molar-refractivity contribution in [3.05, 3.63) is 59.3 Å². The van der Waals surface area contributed by atoms with E-state index >= 15 is 0 Å². The van der Waals surface area contributed by atoms with E-state index < -0.39 is 0 Å². The number of methoxy groups -OCH3 is 1. The van der Waals surface area contributed by atoms with E-state index in [2.05, 4.69) is 11.1 Å². The number of aliphatic hydroxyl groups is 1. The van der Waals surface area contributed by atoms with E-state index in [1.54, 1.807) is 7.11 Å². The molecule has 98 valence electrons. The highest BCUT2D eigenvalue weighted by Gasteiger charge is 2.30. The monoisotopic (exact) mass is 255 g/mol. The van der Waals surface area contributed by atoms with Gasteiger partial charge in [0.1, 0.15) is 0 Å². The molecule has 2 unspecified atom stereocenters. The van der Waals surface area contributed by atoms with E-state index in [1.165, 1.54) is 5.56 Å². The van der Waals surface area contributed by atoms with Crippen LogP contribution in [0.25, 0.3) is 0 Å². The predicted molar refractivity (Wildman–Crippen MR) is 73.1 cm³/mol. The average molecular weight is 255 g/mol. The topological polar surface area (TPSA) is 42.4 Å². The predicted octanol–water partition coefficient (Wildman–Crippen LogP) is 2.54. The van der Waals surface area contributed by atoms with Crippen LogP contribution in [0.4, 0.5) is 0 Å². The smallest absolute Gasteiger partial charge is 0.213 e. The van der Waals surface area contributed by atoms with Gasteiger partial charge >= 0.3 is 0 Å². The summed E-state index contributed by atoms with van der Waals surface area (Å²) < 4.78 is 5.13. The Morgan fingerprint density at radius 2 is 2.05 bits per heavy atom. The molecule has 0 amide bonds. The number of ether oxygens (including phenoxy) is 1. The molecule has 0 fully saturated rings. The Morgan fingerprint density at radius 3 is 2.84 bits per heavy atom. The molecule has 19 heavy (non-hydrogen) atoms. The zero-order valence-corrected chi connectivity index (χ0v) is 10.9. The fraction of sp³-hybridized carbons (Fsp3) is 0.312. The van der Waals surface area contributed by atoms with Gasteiger partial charge < -0.3 is 9.84 Å². The van der Waals surface area contributed by atoms with Crippen LogP contribution in [-0.4, -0.2) is 17.2 Å². The van der Waals surface area contributed by atoms with E-state index in [4.69, 9.17) is 4.74 Å². The fourth-order valence-corrected chi connectivity index (χ4v) is 2.79. The highest BCUT2D eigenvalue weighted by atomic mass is 16.5. The van der Waals surface area contributed by atoms with Crippen molar-refractivity contribution in [1.82, 2.24) is 4.98 Å². The van der Waals surface area contributed by atoms with Crippen LogP contribution in [0.1, 0.15) is 22.9 Å². The Morgan fingerprint density at radius 1 is 1.21 bits per heavy atom. The van der Waals surface area contributed by atoms with E-state index in [0.29, 0.717) is 5.88 Å². The van der Waals surface area contributed by atoms with Gasteiger partial charge in [0.15, 0.2) is 0 Å². The van der Waals surface area contributed by atoms with Crippen molar-refractivity contribution in [3.63, 3.8) is 0 Å². The van der Waals surface area contributed by atoms with Crippen molar-refractivity contribution in [2.75, 3.05) is 7.11 Å². The zero-order valence-electron chi connectivity index (χ0n) is 10.9. The molecular weight excluding hydrogens is 238 g/mol. The van der Waals surface area contributed by atoms with Gasteiger partial charge in [0.2, 0.25) is 5.88 Å². The number of hydrogen-bond donors (Lipinski definition) is 1. The summed E-state index contributed by atoms with van der Waals surface area (Å²) in [6.07, 6.45) is 1.30. The molecule has 3 nitrogen and oxygen atoms in total. The molecule has 2 atom stereocenters. The van der Waals surface area contributed by atoms with Crippen molar-refractivity contribution in [2.24, 2.45) is 5.92 Å². The first kappa shape index (κ1) is 12.2. The Balaban J connectivity index is 1.79. The van der Waals surface area contributed by atoms with Crippen LogP contribution in [0, 0.1) is 5.92 Å². The second-order valence-corrected chi connectivity index (χ2v) is 4.98. The fourth-order valence-electron chi connectivity index (χ4n) is 2.79. The molecule has 3 heteroatoms. The van der Waals surface area contributed by atoms with Crippen molar-refractivity contribution in [3.8, 4) is 5.88 Å². The van der Waals surface area contributed by atoms with Gasteiger partial charge in [-0.2, -0.15) is 0 Å². The number of rotatable bonds is 3. The summed E-state index contributed by atoms with van der Waals surface area (Å²) in [7, 11) is 1.62. The van der Waals surface area contributed by atoms with Crippen molar-refractivity contribution >= 4 is 0 Å². The van der Waals surface area contributed by atoms with Gasteiger partial charge in [-0.05, 0) is 36.0 Å².